The monoisotopic (exact) mass is 288 g/mol. The number of fused-ring (bicyclic) bond motifs is 3. The minimum Gasteiger partial charge on any atom is -0.453 e. The molecule has 2 heterocycles. The van der Waals surface area contributed by atoms with Crippen LogP contribution < -0.4 is 0 Å². The largest absolute Gasteiger partial charge is 0.453 e. The first-order valence-electron chi connectivity index (χ1n) is 7.36. The molecule has 108 valence electrons. The summed E-state index contributed by atoms with van der Waals surface area (Å²) < 4.78 is 5.89. The Hall–Kier alpha value is -2.68. The standard InChI is InChI=1S/C19H16N2O/c1-19(2)10-8-14-15(9-11-19)22-16-12-20-18(21-17(14)16)13-6-4-3-5-7-13/h3-12H,1-2H3. The maximum Gasteiger partial charge on any atom is 0.172 e. The highest BCUT2D eigenvalue weighted by Crippen LogP contribution is 2.33. The van der Waals surface area contributed by atoms with Crippen LogP contribution in [0.1, 0.15) is 25.2 Å². The van der Waals surface area contributed by atoms with Crippen LogP contribution in [0.25, 0.3) is 34.6 Å². The Morgan fingerprint density at radius 2 is 1.77 bits per heavy atom. The summed E-state index contributed by atoms with van der Waals surface area (Å²) in [6.45, 7) is 4.33. The summed E-state index contributed by atoms with van der Waals surface area (Å²) in [6, 6.07) is 9.99. The summed E-state index contributed by atoms with van der Waals surface area (Å²) in [5, 5.41) is 0. The third kappa shape index (κ3) is 2.15. The predicted octanol–water partition coefficient (Wildman–Crippen LogP) is 4.96. The van der Waals surface area contributed by atoms with E-state index in [1.165, 1.54) is 0 Å². The van der Waals surface area contributed by atoms with Crippen molar-refractivity contribution in [3.05, 3.63) is 60.0 Å². The van der Waals surface area contributed by atoms with Gasteiger partial charge >= 0.3 is 0 Å². The summed E-state index contributed by atoms with van der Waals surface area (Å²) in [5.41, 5.74) is 3.63. The first-order valence-corrected chi connectivity index (χ1v) is 7.36. The maximum atomic E-state index is 5.89. The van der Waals surface area contributed by atoms with Crippen molar-refractivity contribution in [3.63, 3.8) is 0 Å². The van der Waals surface area contributed by atoms with Gasteiger partial charge in [0.1, 0.15) is 11.3 Å². The summed E-state index contributed by atoms with van der Waals surface area (Å²) >= 11 is 0. The zero-order chi connectivity index (χ0) is 15.2. The van der Waals surface area contributed by atoms with Gasteiger partial charge in [0.25, 0.3) is 0 Å². The van der Waals surface area contributed by atoms with Crippen LogP contribution >= 0.6 is 0 Å². The lowest BCUT2D eigenvalue weighted by molar-refractivity contribution is 0.598. The Labute approximate surface area is 129 Å². The van der Waals surface area contributed by atoms with E-state index in [-0.39, 0.29) is 5.41 Å². The number of aromatic nitrogens is 2. The molecule has 1 aromatic carbocycles. The molecule has 3 aromatic rings. The molecule has 0 N–H and O–H groups in total. The zero-order valence-corrected chi connectivity index (χ0v) is 12.6. The van der Waals surface area contributed by atoms with Gasteiger partial charge in [-0.25, -0.2) is 9.97 Å². The van der Waals surface area contributed by atoms with E-state index in [4.69, 9.17) is 9.40 Å². The molecule has 0 saturated heterocycles. The van der Waals surface area contributed by atoms with Crippen molar-refractivity contribution in [2.75, 3.05) is 0 Å². The molecule has 4 rings (SSSR count). The number of benzene rings is 1. The highest BCUT2D eigenvalue weighted by Gasteiger charge is 2.19. The van der Waals surface area contributed by atoms with E-state index < -0.39 is 0 Å². The topological polar surface area (TPSA) is 38.9 Å². The third-order valence-corrected chi connectivity index (χ3v) is 3.87. The van der Waals surface area contributed by atoms with Crippen molar-refractivity contribution in [1.82, 2.24) is 9.97 Å². The summed E-state index contributed by atoms with van der Waals surface area (Å²) in [7, 11) is 0. The number of furan rings is 1. The molecule has 1 aliphatic rings. The van der Waals surface area contributed by atoms with Crippen LogP contribution in [0.4, 0.5) is 0 Å². The summed E-state index contributed by atoms with van der Waals surface area (Å²) in [4.78, 5) is 9.14. The fourth-order valence-electron chi connectivity index (χ4n) is 2.58. The minimum absolute atomic E-state index is 0.0170. The number of hydrogen-bond acceptors (Lipinski definition) is 3. The van der Waals surface area contributed by atoms with E-state index >= 15 is 0 Å². The second-order valence-corrected chi connectivity index (χ2v) is 6.14. The van der Waals surface area contributed by atoms with Crippen LogP contribution in [-0.2, 0) is 0 Å². The molecule has 1 aliphatic carbocycles. The highest BCUT2D eigenvalue weighted by atomic mass is 16.3. The molecule has 0 radical (unpaired) electrons. The molecule has 3 heteroatoms. The molecule has 2 aromatic heterocycles. The molecule has 3 nitrogen and oxygen atoms in total. The van der Waals surface area contributed by atoms with Crippen LogP contribution in [0.15, 0.2) is 53.1 Å². The van der Waals surface area contributed by atoms with Crippen LogP contribution in [-0.4, -0.2) is 9.97 Å². The van der Waals surface area contributed by atoms with E-state index in [2.05, 4.69) is 37.1 Å². The van der Waals surface area contributed by atoms with Gasteiger partial charge in [-0.15, -0.1) is 0 Å². The fourth-order valence-corrected chi connectivity index (χ4v) is 2.58. The first kappa shape index (κ1) is 13.0. The summed E-state index contributed by atoms with van der Waals surface area (Å²) in [5.74, 6) is 1.56. The number of allylic oxidation sites excluding steroid dienone is 2. The molecule has 0 fully saturated rings. The van der Waals surface area contributed by atoms with Crippen LogP contribution in [0.2, 0.25) is 0 Å². The molecule has 0 bridgehead atoms. The van der Waals surface area contributed by atoms with Crippen molar-refractivity contribution in [2.24, 2.45) is 5.41 Å². The second-order valence-electron chi connectivity index (χ2n) is 6.14. The smallest absolute Gasteiger partial charge is 0.172 e. The molecule has 0 aliphatic heterocycles. The van der Waals surface area contributed by atoms with Crippen molar-refractivity contribution < 1.29 is 4.42 Å². The van der Waals surface area contributed by atoms with E-state index in [0.29, 0.717) is 0 Å². The molecule has 22 heavy (non-hydrogen) atoms. The average Bonchev–Trinajstić information content (AvgIpc) is 2.81. The van der Waals surface area contributed by atoms with Gasteiger partial charge in [-0.05, 0) is 6.08 Å². The van der Waals surface area contributed by atoms with Gasteiger partial charge in [0, 0.05) is 16.5 Å². The Morgan fingerprint density at radius 1 is 1.00 bits per heavy atom. The Bertz CT molecular complexity index is 902. The lowest BCUT2D eigenvalue weighted by atomic mass is 9.93. The Kier molecular flexibility index (Phi) is 2.76. The van der Waals surface area contributed by atoms with Crippen molar-refractivity contribution >= 4 is 23.3 Å². The highest BCUT2D eigenvalue weighted by molar-refractivity contribution is 5.89. The van der Waals surface area contributed by atoms with Gasteiger partial charge in [0.15, 0.2) is 11.4 Å². The van der Waals surface area contributed by atoms with E-state index in [9.17, 15) is 0 Å². The molecule has 0 amide bonds. The molecule has 0 unspecified atom stereocenters. The van der Waals surface area contributed by atoms with Gasteiger partial charge in [0.2, 0.25) is 0 Å². The SMILES string of the molecule is CC1(C)C=Cc2oc3cnc(-c4ccccc4)nc3c2C=C1. The van der Waals surface area contributed by atoms with Gasteiger partial charge < -0.3 is 4.42 Å². The van der Waals surface area contributed by atoms with Crippen LogP contribution in [0.3, 0.4) is 0 Å². The average molecular weight is 288 g/mol. The normalized spacial score (nSPS) is 15.7. The van der Waals surface area contributed by atoms with Crippen LogP contribution in [0.5, 0.6) is 0 Å². The fraction of sp³-hybridized carbons (Fsp3) is 0.158. The Morgan fingerprint density at radius 3 is 2.59 bits per heavy atom. The van der Waals surface area contributed by atoms with Gasteiger partial charge in [-0.2, -0.15) is 0 Å². The number of rotatable bonds is 1. The molecule has 0 atom stereocenters. The lowest BCUT2D eigenvalue weighted by Crippen LogP contribution is -2.00. The van der Waals surface area contributed by atoms with E-state index in [0.717, 1.165) is 33.8 Å². The molecular weight excluding hydrogens is 272 g/mol. The number of nitrogens with zero attached hydrogens (tertiary/aromatic N) is 2. The maximum absolute atomic E-state index is 5.89. The Balaban J connectivity index is 1.91. The third-order valence-electron chi connectivity index (χ3n) is 3.87. The minimum atomic E-state index is 0.0170. The molecule has 0 spiro atoms. The second kappa shape index (κ2) is 4.67. The van der Waals surface area contributed by atoms with Gasteiger partial charge in [-0.1, -0.05) is 62.4 Å². The van der Waals surface area contributed by atoms with Crippen LogP contribution in [0, 0.1) is 5.41 Å². The van der Waals surface area contributed by atoms with E-state index in [1.54, 1.807) is 6.20 Å². The van der Waals surface area contributed by atoms with E-state index in [1.807, 2.05) is 36.4 Å². The van der Waals surface area contributed by atoms with Crippen molar-refractivity contribution in [3.8, 4) is 11.4 Å². The van der Waals surface area contributed by atoms with Crippen molar-refractivity contribution in [2.45, 2.75) is 13.8 Å². The number of hydrogen-bond donors (Lipinski definition) is 0. The van der Waals surface area contributed by atoms with Gasteiger partial charge in [0.05, 0.1) is 6.20 Å². The molecular formula is C19H16N2O. The lowest BCUT2D eigenvalue weighted by Gasteiger charge is -2.12. The quantitative estimate of drug-likeness (QED) is 0.635. The molecule has 0 saturated carbocycles. The predicted molar refractivity (Wildman–Crippen MR) is 89.1 cm³/mol. The summed E-state index contributed by atoms with van der Waals surface area (Å²) in [6.07, 6.45) is 10.2. The van der Waals surface area contributed by atoms with Gasteiger partial charge in [-0.3, -0.25) is 0 Å². The zero-order valence-electron chi connectivity index (χ0n) is 12.6. The van der Waals surface area contributed by atoms with Crippen molar-refractivity contribution in [1.29, 1.82) is 0 Å². The first-order chi connectivity index (χ1) is 10.6.